The molecule has 0 unspecified atom stereocenters. The molecule has 5 heteroatoms. The number of hydrogen-bond donors (Lipinski definition) is 1. The minimum Gasteiger partial charge on any atom is -0.399 e. The summed E-state index contributed by atoms with van der Waals surface area (Å²) in [5, 5.41) is 4.49. The molecule has 21 heavy (non-hydrogen) atoms. The normalized spacial score (nSPS) is 11.0. The quantitative estimate of drug-likeness (QED) is 0.748. The number of anilines is 1. The van der Waals surface area contributed by atoms with Gasteiger partial charge in [0.05, 0.1) is 17.9 Å². The van der Waals surface area contributed by atoms with E-state index in [1.807, 2.05) is 48.3 Å². The van der Waals surface area contributed by atoms with Crippen molar-refractivity contribution < 1.29 is 0 Å². The summed E-state index contributed by atoms with van der Waals surface area (Å²) in [4.78, 5) is 4.47. The van der Waals surface area contributed by atoms with E-state index >= 15 is 0 Å². The van der Waals surface area contributed by atoms with E-state index in [1.165, 1.54) is 5.69 Å². The maximum atomic E-state index is 5.74. The topological polar surface area (TPSA) is 61.7 Å². The predicted octanol–water partition coefficient (Wildman–Crippen LogP) is 2.71. The molecule has 2 heterocycles. The Labute approximate surface area is 124 Å². The number of imidazole rings is 1. The molecule has 3 aromatic rings. The van der Waals surface area contributed by atoms with E-state index in [-0.39, 0.29) is 0 Å². The standard InChI is InChI=1S/C16H19N5/c1-3-21-15(10-12(2)19-21)11-20-9-8-18-16(20)13-4-6-14(17)7-5-13/h4-10H,3,11,17H2,1-2H3. The summed E-state index contributed by atoms with van der Waals surface area (Å²) in [6.07, 6.45) is 3.82. The Bertz CT molecular complexity index is 736. The zero-order chi connectivity index (χ0) is 14.8. The molecule has 0 aliphatic rings. The third-order valence-electron chi connectivity index (χ3n) is 3.50. The van der Waals surface area contributed by atoms with Crippen LogP contribution in [-0.2, 0) is 13.1 Å². The largest absolute Gasteiger partial charge is 0.399 e. The average molecular weight is 281 g/mol. The van der Waals surface area contributed by atoms with Crippen molar-refractivity contribution in [3.8, 4) is 11.4 Å². The number of rotatable bonds is 4. The SMILES string of the molecule is CCn1nc(C)cc1Cn1ccnc1-c1ccc(N)cc1. The molecule has 0 saturated heterocycles. The fourth-order valence-corrected chi connectivity index (χ4v) is 2.50. The van der Waals surface area contributed by atoms with Gasteiger partial charge in [-0.1, -0.05) is 0 Å². The highest BCUT2D eigenvalue weighted by Crippen LogP contribution is 2.20. The van der Waals surface area contributed by atoms with E-state index < -0.39 is 0 Å². The van der Waals surface area contributed by atoms with Gasteiger partial charge >= 0.3 is 0 Å². The molecule has 0 atom stereocenters. The van der Waals surface area contributed by atoms with Gasteiger partial charge in [0.2, 0.25) is 0 Å². The second-order valence-electron chi connectivity index (χ2n) is 5.09. The molecule has 0 aliphatic heterocycles. The van der Waals surface area contributed by atoms with Crippen molar-refractivity contribution >= 4 is 5.69 Å². The molecule has 0 saturated carbocycles. The van der Waals surface area contributed by atoms with Gasteiger partial charge < -0.3 is 10.3 Å². The van der Waals surface area contributed by atoms with Crippen LogP contribution < -0.4 is 5.73 Å². The van der Waals surface area contributed by atoms with Crippen LogP contribution in [0.1, 0.15) is 18.3 Å². The van der Waals surface area contributed by atoms with Crippen molar-refractivity contribution in [3.63, 3.8) is 0 Å². The van der Waals surface area contributed by atoms with Crippen LogP contribution in [0, 0.1) is 6.92 Å². The summed E-state index contributed by atoms with van der Waals surface area (Å²) in [7, 11) is 0. The number of nitrogens with two attached hydrogens (primary N) is 1. The number of aromatic nitrogens is 4. The van der Waals surface area contributed by atoms with Crippen LogP contribution in [0.15, 0.2) is 42.7 Å². The smallest absolute Gasteiger partial charge is 0.140 e. The van der Waals surface area contributed by atoms with E-state index in [2.05, 4.69) is 27.6 Å². The maximum absolute atomic E-state index is 5.74. The highest BCUT2D eigenvalue weighted by molar-refractivity contribution is 5.59. The highest BCUT2D eigenvalue weighted by Gasteiger charge is 2.09. The number of aryl methyl sites for hydroxylation is 2. The van der Waals surface area contributed by atoms with E-state index in [0.717, 1.165) is 35.9 Å². The van der Waals surface area contributed by atoms with Crippen molar-refractivity contribution in [2.75, 3.05) is 5.73 Å². The third-order valence-corrected chi connectivity index (χ3v) is 3.50. The fraction of sp³-hybridized carbons (Fsp3) is 0.250. The first-order valence-corrected chi connectivity index (χ1v) is 7.07. The summed E-state index contributed by atoms with van der Waals surface area (Å²) in [5.41, 5.74) is 9.80. The fourth-order valence-electron chi connectivity index (χ4n) is 2.50. The van der Waals surface area contributed by atoms with E-state index in [0.29, 0.717) is 0 Å². The van der Waals surface area contributed by atoms with Gasteiger partial charge in [0.25, 0.3) is 0 Å². The Morgan fingerprint density at radius 2 is 1.95 bits per heavy atom. The summed E-state index contributed by atoms with van der Waals surface area (Å²) in [6.45, 7) is 5.75. The second-order valence-corrected chi connectivity index (χ2v) is 5.09. The van der Waals surface area contributed by atoms with Crippen LogP contribution in [0.25, 0.3) is 11.4 Å². The number of hydrogen-bond acceptors (Lipinski definition) is 3. The van der Waals surface area contributed by atoms with Gasteiger partial charge in [-0.05, 0) is 44.2 Å². The van der Waals surface area contributed by atoms with Gasteiger partial charge in [-0.25, -0.2) is 4.98 Å². The molecule has 0 fully saturated rings. The molecule has 1 aromatic carbocycles. The Balaban J connectivity index is 1.94. The Morgan fingerprint density at radius 1 is 1.19 bits per heavy atom. The zero-order valence-corrected chi connectivity index (χ0v) is 12.3. The molecule has 0 aliphatic carbocycles. The summed E-state index contributed by atoms with van der Waals surface area (Å²) in [6, 6.07) is 9.91. The van der Waals surface area contributed by atoms with E-state index in [4.69, 9.17) is 5.73 Å². The first-order valence-electron chi connectivity index (χ1n) is 7.07. The molecule has 0 bridgehead atoms. The average Bonchev–Trinajstić information content (AvgIpc) is 3.07. The molecular formula is C16H19N5. The molecule has 0 spiro atoms. The van der Waals surface area contributed by atoms with Crippen LogP contribution >= 0.6 is 0 Å². The van der Waals surface area contributed by atoms with Gasteiger partial charge in [0, 0.05) is 30.2 Å². The zero-order valence-electron chi connectivity index (χ0n) is 12.3. The number of nitrogen functional groups attached to an aromatic ring is 1. The Morgan fingerprint density at radius 3 is 2.67 bits per heavy atom. The Kier molecular flexibility index (Phi) is 3.48. The minimum atomic E-state index is 0.758. The predicted molar refractivity (Wildman–Crippen MR) is 83.8 cm³/mol. The number of benzene rings is 1. The lowest BCUT2D eigenvalue weighted by molar-refractivity contribution is 0.598. The van der Waals surface area contributed by atoms with Crippen LogP contribution in [0.3, 0.4) is 0 Å². The second kappa shape index (κ2) is 5.44. The van der Waals surface area contributed by atoms with Gasteiger partial charge in [-0.15, -0.1) is 0 Å². The number of nitrogens with zero attached hydrogens (tertiary/aromatic N) is 4. The molecule has 3 rings (SSSR count). The van der Waals surface area contributed by atoms with Crippen LogP contribution in [0.4, 0.5) is 5.69 Å². The summed E-state index contributed by atoms with van der Waals surface area (Å²) >= 11 is 0. The van der Waals surface area contributed by atoms with Gasteiger partial charge in [0.15, 0.2) is 0 Å². The molecule has 2 N–H and O–H groups in total. The molecule has 2 aromatic heterocycles. The molecule has 0 radical (unpaired) electrons. The van der Waals surface area contributed by atoms with Crippen LogP contribution in [0.2, 0.25) is 0 Å². The lowest BCUT2D eigenvalue weighted by atomic mass is 10.2. The lowest BCUT2D eigenvalue weighted by Gasteiger charge is -2.09. The lowest BCUT2D eigenvalue weighted by Crippen LogP contribution is -2.08. The Hall–Kier alpha value is -2.56. The van der Waals surface area contributed by atoms with Crippen molar-refractivity contribution in [2.45, 2.75) is 26.9 Å². The summed E-state index contributed by atoms with van der Waals surface area (Å²) < 4.78 is 4.16. The minimum absolute atomic E-state index is 0.758. The third kappa shape index (κ3) is 2.67. The van der Waals surface area contributed by atoms with Gasteiger partial charge in [-0.2, -0.15) is 5.10 Å². The summed E-state index contributed by atoms with van der Waals surface area (Å²) in [5.74, 6) is 0.941. The van der Waals surface area contributed by atoms with E-state index in [9.17, 15) is 0 Å². The van der Waals surface area contributed by atoms with Crippen molar-refractivity contribution in [1.82, 2.24) is 19.3 Å². The van der Waals surface area contributed by atoms with Crippen LogP contribution in [0.5, 0.6) is 0 Å². The monoisotopic (exact) mass is 281 g/mol. The first kappa shape index (κ1) is 13.4. The van der Waals surface area contributed by atoms with Crippen molar-refractivity contribution in [3.05, 3.63) is 54.1 Å². The van der Waals surface area contributed by atoms with E-state index in [1.54, 1.807) is 0 Å². The van der Waals surface area contributed by atoms with Crippen molar-refractivity contribution in [1.29, 1.82) is 0 Å². The van der Waals surface area contributed by atoms with Gasteiger partial charge in [-0.3, -0.25) is 4.68 Å². The molecular weight excluding hydrogens is 262 g/mol. The molecule has 5 nitrogen and oxygen atoms in total. The molecule has 0 amide bonds. The van der Waals surface area contributed by atoms with Gasteiger partial charge in [0.1, 0.15) is 5.82 Å². The first-order chi connectivity index (χ1) is 10.2. The van der Waals surface area contributed by atoms with Crippen LogP contribution in [-0.4, -0.2) is 19.3 Å². The maximum Gasteiger partial charge on any atom is 0.140 e. The molecule has 108 valence electrons. The highest BCUT2D eigenvalue weighted by atomic mass is 15.3. The van der Waals surface area contributed by atoms with Crippen molar-refractivity contribution in [2.24, 2.45) is 0 Å².